The van der Waals surface area contributed by atoms with Gasteiger partial charge in [-0.3, -0.25) is 0 Å². The smallest absolute Gasteiger partial charge is 0.0296 e. The van der Waals surface area contributed by atoms with Crippen LogP contribution in [0.4, 0.5) is 0 Å². The Morgan fingerprint density at radius 3 is 2.59 bits per heavy atom. The van der Waals surface area contributed by atoms with Gasteiger partial charge in [0.05, 0.1) is 0 Å². The van der Waals surface area contributed by atoms with Crippen molar-refractivity contribution in [1.29, 1.82) is 0 Å². The van der Waals surface area contributed by atoms with E-state index in [-0.39, 0.29) is 0 Å². The molecule has 96 valence electrons. The second kappa shape index (κ2) is 7.07. The second-order valence-corrected chi connectivity index (χ2v) is 5.92. The fourth-order valence-electron chi connectivity index (χ4n) is 2.12. The van der Waals surface area contributed by atoms with Crippen LogP contribution in [0.2, 0.25) is 0 Å². The maximum absolute atomic E-state index is 3.69. The van der Waals surface area contributed by atoms with Gasteiger partial charge in [-0.25, -0.2) is 0 Å². The number of benzene rings is 1. The molecule has 2 unspecified atom stereocenters. The lowest BCUT2D eigenvalue weighted by Gasteiger charge is -2.22. The molecule has 0 aliphatic heterocycles. The zero-order valence-corrected chi connectivity index (χ0v) is 12.5. The van der Waals surface area contributed by atoms with Crippen molar-refractivity contribution in [2.75, 3.05) is 12.0 Å². The second-order valence-electron chi connectivity index (χ2n) is 4.93. The van der Waals surface area contributed by atoms with Crippen LogP contribution in [0, 0.1) is 13.8 Å². The van der Waals surface area contributed by atoms with E-state index in [0.717, 1.165) is 0 Å². The van der Waals surface area contributed by atoms with Gasteiger partial charge in [0.1, 0.15) is 0 Å². The molecular weight excluding hydrogens is 226 g/mol. The summed E-state index contributed by atoms with van der Waals surface area (Å²) in [5.41, 5.74) is 4.16. The molecule has 0 spiro atoms. The first-order valence-corrected chi connectivity index (χ1v) is 7.76. The molecule has 17 heavy (non-hydrogen) atoms. The van der Waals surface area contributed by atoms with Gasteiger partial charge in [-0.05, 0) is 57.3 Å². The van der Waals surface area contributed by atoms with Crippen LogP contribution in [0.15, 0.2) is 18.2 Å². The van der Waals surface area contributed by atoms with Crippen molar-refractivity contribution in [1.82, 2.24) is 5.32 Å². The van der Waals surface area contributed by atoms with Crippen LogP contribution in [0.3, 0.4) is 0 Å². The molecule has 0 saturated carbocycles. The summed E-state index contributed by atoms with van der Waals surface area (Å²) < 4.78 is 0. The third-order valence-electron chi connectivity index (χ3n) is 3.19. The van der Waals surface area contributed by atoms with Crippen LogP contribution < -0.4 is 5.32 Å². The summed E-state index contributed by atoms with van der Waals surface area (Å²) in [5.74, 6) is 1.23. The number of nitrogens with one attached hydrogen (secondary N) is 1. The molecular formula is C15H25NS. The monoisotopic (exact) mass is 251 g/mol. The predicted octanol–water partition coefficient (Wildman–Crippen LogP) is 4.10. The highest BCUT2D eigenvalue weighted by atomic mass is 32.2. The average Bonchev–Trinajstić information content (AvgIpc) is 2.29. The van der Waals surface area contributed by atoms with Crippen molar-refractivity contribution < 1.29 is 0 Å². The summed E-state index contributed by atoms with van der Waals surface area (Å²) in [5, 5.41) is 3.69. The van der Waals surface area contributed by atoms with Crippen LogP contribution in [0.25, 0.3) is 0 Å². The quantitative estimate of drug-likeness (QED) is 0.817. The number of hydrogen-bond donors (Lipinski definition) is 1. The van der Waals surface area contributed by atoms with E-state index in [4.69, 9.17) is 0 Å². The molecule has 0 bridgehead atoms. The van der Waals surface area contributed by atoms with Gasteiger partial charge >= 0.3 is 0 Å². The summed E-state index contributed by atoms with van der Waals surface area (Å²) in [6, 6.07) is 7.72. The summed E-state index contributed by atoms with van der Waals surface area (Å²) in [6.45, 7) is 8.89. The number of hydrogen-bond acceptors (Lipinski definition) is 2. The molecule has 1 aromatic rings. The molecule has 2 heteroatoms. The number of rotatable bonds is 6. The maximum Gasteiger partial charge on any atom is 0.0296 e. The first-order valence-electron chi connectivity index (χ1n) is 6.36. The van der Waals surface area contributed by atoms with Gasteiger partial charge < -0.3 is 5.32 Å². The van der Waals surface area contributed by atoms with Crippen molar-refractivity contribution in [3.8, 4) is 0 Å². The molecule has 1 aromatic carbocycles. The Hall–Kier alpha value is -0.470. The first-order chi connectivity index (χ1) is 8.04. The minimum atomic E-state index is 0.437. The maximum atomic E-state index is 3.69. The van der Waals surface area contributed by atoms with Gasteiger partial charge in [0.2, 0.25) is 0 Å². The van der Waals surface area contributed by atoms with E-state index in [9.17, 15) is 0 Å². The number of aryl methyl sites for hydroxylation is 2. The fourth-order valence-corrected chi connectivity index (χ4v) is 2.71. The molecule has 0 heterocycles. The van der Waals surface area contributed by atoms with Gasteiger partial charge in [-0.2, -0.15) is 11.8 Å². The van der Waals surface area contributed by atoms with E-state index in [1.165, 1.54) is 28.9 Å². The molecule has 0 amide bonds. The molecule has 0 aliphatic carbocycles. The van der Waals surface area contributed by atoms with Gasteiger partial charge in [-0.15, -0.1) is 0 Å². The highest BCUT2D eigenvalue weighted by Gasteiger charge is 2.11. The van der Waals surface area contributed by atoms with E-state index < -0.39 is 0 Å². The zero-order chi connectivity index (χ0) is 12.8. The molecule has 2 atom stereocenters. The van der Waals surface area contributed by atoms with Crippen molar-refractivity contribution in [3.05, 3.63) is 34.9 Å². The summed E-state index contributed by atoms with van der Waals surface area (Å²) in [6.07, 6.45) is 3.40. The van der Waals surface area contributed by atoms with Crippen LogP contribution >= 0.6 is 11.8 Å². The lowest BCUT2D eigenvalue weighted by atomic mass is 9.99. The van der Waals surface area contributed by atoms with Crippen molar-refractivity contribution in [2.24, 2.45) is 0 Å². The zero-order valence-electron chi connectivity index (χ0n) is 11.7. The van der Waals surface area contributed by atoms with Crippen molar-refractivity contribution in [3.63, 3.8) is 0 Å². The minimum Gasteiger partial charge on any atom is -0.308 e. The Kier molecular flexibility index (Phi) is 6.07. The minimum absolute atomic E-state index is 0.437. The van der Waals surface area contributed by atoms with E-state index in [2.05, 4.69) is 57.5 Å². The Balaban J connectivity index is 2.62. The van der Waals surface area contributed by atoms with E-state index >= 15 is 0 Å². The van der Waals surface area contributed by atoms with E-state index in [1.54, 1.807) is 0 Å². The topological polar surface area (TPSA) is 12.0 Å². The third-order valence-corrected chi connectivity index (χ3v) is 3.83. The van der Waals surface area contributed by atoms with Crippen LogP contribution in [0.1, 0.15) is 43.0 Å². The summed E-state index contributed by atoms with van der Waals surface area (Å²) in [4.78, 5) is 0. The Bertz CT molecular complexity index is 349. The Morgan fingerprint density at radius 1 is 1.24 bits per heavy atom. The highest BCUT2D eigenvalue weighted by Crippen LogP contribution is 2.19. The van der Waals surface area contributed by atoms with Crippen molar-refractivity contribution >= 4 is 11.8 Å². The molecule has 0 fully saturated rings. The van der Waals surface area contributed by atoms with E-state index in [1.807, 2.05) is 11.8 Å². The van der Waals surface area contributed by atoms with Gasteiger partial charge in [-0.1, -0.05) is 23.8 Å². The molecule has 0 saturated heterocycles. The van der Waals surface area contributed by atoms with Crippen molar-refractivity contribution in [2.45, 2.75) is 46.2 Å². The predicted molar refractivity (Wildman–Crippen MR) is 79.9 cm³/mol. The molecule has 0 aliphatic rings. The first kappa shape index (κ1) is 14.6. The van der Waals surface area contributed by atoms with Crippen LogP contribution in [-0.4, -0.2) is 18.1 Å². The van der Waals surface area contributed by atoms with E-state index in [0.29, 0.717) is 12.1 Å². The average molecular weight is 251 g/mol. The third kappa shape index (κ3) is 4.72. The molecule has 0 aromatic heterocycles. The molecule has 1 rings (SSSR count). The van der Waals surface area contributed by atoms with Gasteiger partial charge in [0, 0.05) is 12.1 Å². The highest BCUT2D eigenvalue weighted by molar-refractivity contribution is 7.98. The normalized spacial score (nSPS) is 14.6. The summed E-state index contributed by atoms with van der Waals surface area (Å²) >= 11 is 1.92. The largest absolute Gasteiger partial charge is 0.308 e. The standard InChI is InChI=1S/C15H25NS/c1-11-6-7-12(2)15(10-11)14(4)16-13(3)8-9-17-5/h6-7,10,13-14,16H,8-9H2,1-5H3. The molecule has 0 radical (unpaired) electrons. The van der Waals surface area contributed by atoms with Gasteiger partial charge in [0.25, 0.3) is 0 Å². The number of thioether (sulfide) groups is 1. The molecule has 1 nitrogen and oxygen atoms in total. The fraction of sp³-hybridized carbons (Fsp3) is 0.600. The van der Waals surface area contributed by atoms with Gasteiger partial charge in [0.15, 0.2) is 0 Å². The van der Waals surface area contributed by atoms with Crippen LogP contribution in [-0.2, 0) is 0 Å². The molecule has 1 N–H and O–H groups in total. The Labute approximate surface area is 110 Å². The Morgan fingerprint density at radius 2 is 1.94 bits per heavy atom. The summed E-state index contributed by atoms with van der Waals surface area (Å²) in [7, 11) is 0. The van der Waals surface area contributed by atoms with Crippen LogP contribution in [0.5, 0.6) is 0 Å². The SMILES string of the molecule is CSCCC(C)NC(C)c1cc(C)ccc1C. The lowest BCUT2D eigenvalue weighted by Crippen LogP contribution is -2.29. The lowest BCUT2D eigenvalue weighted by molar-refractivity contribution is 0.470.